The lowest BCUT2D eigenvalue weighted by Crippen LogP contribution is -2.21. The van der Waals surface area contributed by atoms with Gasteiger partial charge in [0.2, 0.25) is 0 Å². The maximum absolute atomic E-state index is 12.1. The Morgan fingerprint density at radius 1 is 1.13 bits per heavy atom. The minimum absolute atomic E-state index is 0.197. The minimum Gasteiger partial charge on any atom is -0.508 e. The van der Waals surface area contributed by atoms with E-state index in [0.717, 1.165) is 11.3 Å². The number of hydrogen-bond acceptors (Lipinski definition) is 4. The molecular weight excluding hydrogens is 332 g/mol. The molecule has 4 nitrogen and oxygen atoms in total. The highest BCUT2D eigenvalue weighted by Crippen LogP contribution is 2.32. The van der Waals surface area contributed by atoms with Crippen molar-refractivity contribution < 1.29 is 9.90 Å². The summed E-state index contributed by atoms with van der Waals surface area (Å²) < 4.78 is 0. The van der Waals surface area contributed by atoms with Gasteiger partial charge in [-0.2, -0.15) is 4.99 Å². The van der Waals surface area contributed by atoms with Crippen LogP contribution in [0.15, 0.2) is 58.4 Å². The number of halogens is 1. The first-order valence-electron chi connectivity index (χ1n) is 6.84. The molecule has 2 aromatic rings. The Morgan fingerprint density at radius 2 is 1.78 bits per heavy atom. The molecule has 0 aromatic heterocycles. The number of amidine groups is 1. The number of rotatable bonds is 2. The number of benzene rings is 2. The van der Waals surface area contributed by atoms with Gasteiger partial charge in [-0.15, -0.1) is 0 Å². The molecule has 2 aromatic carbocycles. The van der Waals surface area contributed by atoms with E-state index in [1.54, 1.807) is 42.5 Å². The second-order valence-electron chi connectivity index (χ2n) is 4.94. The van der Waals surface area contributed by atoms with Crippen LogP contribution < -0.4 is 4.90 Å². The third-order valence-corrected chi connectivity index (χ3v) is 4.61. The van der Waals surface area contributed by atoms with Crippen LogP contribution in [-0.2, 0) is 4.79 Å². The van der Waals surface area contributed by atoms with Crippen LogP contribution in [0.1, 0.15) is 5.56 Å². The van der Waals surface area contributed by atoms with Gasteiger partial charge < -0.3 is 10.0 Å². The van der Waals surface area contributed by atoms with E-state index in [-0.39, 0.29) is 11.7 Å². The summed E-state index contributed by atoms with van der Waals surface area (Å²) in [6.07, 6.45) is 1.80. The minimum atomic E-state index is -0.259. The SMILES string of the molecule is CN(C1=NC(=O)C(=Cc2ccc(Cl)cc2)S1)c1ccc(O)cc1. The van der Waals surface area contributed by atoms with Crippen LogP contribution in [0.25, 0.3) is 6.08 Å². The second kappa shape index (κ2) is 6.48. The standard InChI is InChI=1S/C17H13ClN2O2S/c1-20(13-6-8-14(21)9-7-13)17-19-16(22)15(23-17)10-11-2-4-12(18)5-3-11/h2-10,21H,1H3. The third kappa shape index (κ3) is 3.57. The van der Waals surface area contributed by atoms with Gasteiger partial charge in [0.1, 0.15) is 5.75 Å². The molecular formula is C17H13ClN2O2S. The largest absolute Gasteiger partial charge is 0.508 e. The highest BCUT2D eigenvalue weighted by Gasteiger charge is 2.25. The first kappa shape index (κ1) is 15.6. The molecule has 0 saturated heterocycles. The Hall–Kier alpha value is -2.24. The van der Waals surface area contributed by atoms with E-state index in [2.05, 4.69) is 4.99 Å². The maximum Gasteiger partial charge on any atom is 0.286 e. The number of phenolic OH excluding ortho intramolecular Hbond substituents is 1. The predicted molar refractivity (Wildman–Crippen MR) is 96.0 cm³/mol. The summed E-state index contributed by atoms with van der Waals surface area (Å²) in [5.41, 5.74) is 1.74. The quantitative estimate of drug-likeness (QED) is 0.831. The van der Waals surface area contributed by atoms with E-state index in [1.165, 1.54) is 11.8 Å². The monoisotopic (exact) mass is 344 g/mol. The van der Waals surface area contributed by atoms with Gasteiger partial charge in [-0.05, 0) is 59.8 Å². The van der Waals surface area contributed by atoms with E-state index in [1.807, 2.05) is 24.1 Å². The number of phenols is 1. The van der Waals surface area contributed by atoms with Crippen LogP contribution in [-0.4, -0.2) is 23.2 Å². The molecule has 1 aliphatic rings. The van der Waals surface area contributed by atoms with E-state index in [9.17, 15) is 9.90 Å². The lowest BCUT2D eigenvalue weighted by atomic mass is 10.2. The highest BCUT2D eigenvalue weighted by atomic mass is 35.5. The van der Waals surface area contributed by atoms with Crippen molar-refractivity contribution in [3.8, 4) is 5.75 Å². The molecule has 3 rings (SSSR count). The summed E-state index contributed by atoms with van der Waals surface area (Å²) in [5, 5.41) is 10.6. The van der Waals surface area contributed by atoms with Crippen molar-refractivity contribution >= 4 is 46.2 Å². The number of carbonyl (C=O) groups is 1. The Balaban J connectivity index is 1.79. The average Bonchev–Trinajstić information content (AvgIpc) is 2.91. The number of thioether (sulfide) groups is 1. The molecule has 0 spiro atoms. The summed E-state index contributed by atoms with van der Waals surface area (Å²) >= 11 is 7.18. The van der Waals surface area contributed by atoms with Crippen molar-refractivity contribution in [1.29, 1.82) is 0 Å². The number of aromatic hydroxyl groups is 1. The van der Waals surface area contributed by atoms with Crippen molar-refractivity contribution in [2.24, 2.45) is 4.99 Å². The molecule has 1 heterocycles. The molecule has 0 unspecified atom stereocenters. The molecule has 0 bridgehead atoms. The molecule has 0 atom stereocenters. The number of aliphatic imine (C=N–C) groups is 1. The van der Waals surface area contributed by atoms with E-state index in [0.29, 0.717) is 15.1 Å². The molecule has 23 heavy (non-hydrogen) atoms. The Labute approximate surface area is 143 Å². The Bertz CT molecular complexity index is 798. The zero-order chi connectivity index (χ0) is 16.4. The van der Waals surface area contributed by atoms with Gasteiger partial charge in [0.15, 0.2) is 5.17 Å². The van der Waals surface area contributed by atoms with Crippen molar-refractivity contribution in [3.63, 3.8) is 0 Å². The van der Waals surface area contributed by atoms with Gasteiger partial charge in [0.25, 0.3) is 5.91 Å². The summed E-state index contributed by atoms with van der Waals surface area (Å²) in [6.45, 7) is 0. The van der Waals surface area contributed by atoms with Crippen LogP contribution >= 0.6 is 23.4 Å². The van der Waals surface area contributed by atoms with Gasteiger partial charge in [-0.1, -0.05) is 23.7 Å². The lowest BCUT2D eigenvalue weighted by molar-refractivity contribution is -0.113. The van der Waals surface area contributed by atoms with Gasteiger partial charge in [-0.3, -0.25) is 4.79 Å². The fourth-order valence-electron chi connectivity index (χ4n) is 2.04. The van der Waals surface area contributed by atoms with Crippen LogP contribution in [0.5, 0.6) is 5.75 Å². The van der Waals surface area contributed by atoms with Gasteiger partial charge in [0, 0.05) is 17.8 Å². The van der Waals surface area contributed by atoms with Crippen molar-refractivity contribution in [1.82, 2.24) is 0 Å². The fraction of sp³-hybridized carbons (Fsp3) is 0.0588. The van der Waals surface area contributed by atoms with Gasteiger partial charge in [0.05, 0.1) is 4.91 Å². The smallest absolute Gasteiger partial charge is 0.286 e. The molecule has 0 saturated carbocycles. The Kier molecular flexibility index (Phi) is 4.41. The van der Waals surface area contributed by atoms with Crippen molar-refractivity contribution in [3.05, 3.63) is 64.0 Å². The number of amides is 1. The number of anilines is 1. The summed E-state index contributed by atoms with van der Waals surface area (Å²) in [7, 11) is 1.83. The molecule has 0 fully saturated rings. The number of hydrogen-bond donors (Lipinski definition) is 1. The molecule has 0 radical (unpaired) electrons. The third-order valence-electron chi connectivity index (χ3n) is 3.30. The van der Waals surface area contributed by atoms with E-state index < -0.39 is 0 Å². The fourth-order valence-corrected chi connectivity index (χ4v) is 3.06. The van der Waals surface area contributed by atoms with Crippen LogP contribution in [0.2, 0.25) is 5.02 Å². The molecule has 116 valence electrons. The molecule has 1 amide bonds. The topological polar surface area (TPSA) is 52.9 Å². The average molecular weight is 345 g/mol. The predicted octanol–water partition coefficient (Wildman–Crippen LogP) is 4.15. The van der Waals surface area contributed by atoms with Crippen LogP contribution in [0.4, 0.5) is 5.69 Å². The zero-order valence-electron chi connectivity index (χ0n) is 12.2. The van der Waals surface area contributed by atoms with Gasteiger partial charge in [-0.25, -0.2) is 0 Å². The number of carbonyl (C=O) groups excluding carboxylic acids is 1. The van der Waals surface area contributed by atoms with Crippen LogP contribution in [0.3, 0.4) is 0 Å². The number of nitrogens with zero attached hydrogens (tertiary/aromatic N) is 2. The zero-order valence-corrected chi connectivity index (χ0v) is 13.8. The Morgan fingerprint density at radius 3 is 2.43 bits per heavy atom. The van der Waals surface area contributed by atoms with Crippen molar-refractivity contribution in [2.75, 3.05) is 11.9 Å². The molecule has 1 aliphatic heterocycles. The van der Waals surface area contributed by atoms with Crippen LogP contribution in [0, 0.1) is 0 Å². The summed E-state index contributed by atoms with van der Waals surface area (Å²) in [5.74, 6) is -0.0619. The first-order chi connectivity index (χ1) is 11.0. The summed E-state index contributed by atoms with van der Waals surface area (Å²) in [6, 6.07) is 14.0. The van der Waals surface area contributed by atoms with E-state index >= 15 is 0 Å². The molecule has 6 heteroatoms. The lowest BCUT2D eigenvalue weighted by Gasteiger charge is -2.17. The summed E-state index contributed by atoms with van der Waals surface area (Å²) in [4.78, 5) is 18.5. The van der Waals surface area contributed by atoms with Crippen molar-refractivity contribution in [2.45, 2.75) is 0 Å². The maximum atomic E-state index is 12.1. The molecule has 0 aliphatic carbocycles. The second-order valence-corrected chi connectivity index (χ2v) is 6.38. The normalized spacial score (nSPS) is 15.8. The van der Waals surface area contributed by atoms with Gasteiger partial charge >= 0.3 is 0 Å². The first-order valence-corrected chi connectivity index (χ1v) is 8.03. The van der Waals surface area contributed by atoms with E-state index in [4.69, 9.17) is 11.6 Å². The highest BCUT2D eigenvalue weighted by molar-refractivity contribution is 8.18. The molecule has 1 N–H and O–H groups in total.